The van der Waals surface area contributed by atoms with E-state index in [2.05, 4.69) is 9.88 Å². The van der Waals surface area contributed by atoms with E-state index in [0.29, 0.717) is 5.69 Å². The molecular formula is C14H16FN3. The van der Waals surface area contributed by atoms with Crippen molar-refractivity contribution in [1.82, 2.24) is 9.88 Å². The Kier molecular flexibility index (Phi) is 3.89. The van der Waals surface area contributed by atoms with E-state index in [1.54, 1.807) is 18.3 Å². The summed E-state index contributed by atoms with van der Waals surface area (Å²) < 4.78 is 12.8. The quantitative estimate of drug-likeness (QED) is 0.899. The lowest BCUT2D eigenvalue weighted by atomic mass is 10.2. The van der Waals surface area contributed by atoms with Gasteiger partial charge in [0.2, 0.25) is 0 Å². The Bertz CT molecular complexity index is 446. The maximum Gasteiger partial charge on any atom is 0.123 e. The number of rotatable bonds is 4. The van der Waals surface area contributed by atoms with Crippen molar-refractivity contribution < 1.29 is 4.39 Å². The van der Waals surface area contributed by atoms with E-state index < -0.39 is 0 Å². The lowest BCUT2D eigenvalue weighted by Crippen LogP contribution is -2.17. The van der Waals surface area contributed by atoms with E-state index in [1.807, 2.05) is 19.2 Å². The van der Waals surface area contributed by atoms with Crippen LogP contribution < -0.4 is 5.73 Å². The van der Waals surface area contributed by atoms with Crippen LogP contribution >= 0.6 is 0 Å². The molecule has 0 aliphatic carbocycles. The van der Waals surface area contributed by atoms with E-state index >= 15 is 0 Å². The number of nitrogen functional groups attached to an aromatic ring is 1. The smallest absolute Gasteiger partial charge is 0.123 e. The molecule has 0 amide bonds. The van der Waals surface area contributed by atoms with E-state index in [0.717, 1.165) is 24.3 Å². The van der Waals surface area contributed by atoms with Crippen molar-refractivity contribution in [1.29, 1.82) is 0 Å². The molecule has 0 saturated heterocycles. The zero-order valence-electron chi connectivity index (χ0n) is 10.3. The Morgan fingerprint density at radius 3 is 2.44 bits per heavy atom. The third-order valence-electron chi connectivity index (χ3n) is 2.65. The van der Waals surface area contributed by atoms with Gasteiger partial charge >= 0.3 is 0 Å². The molecule has 0 spiro atoms. The fraction of sp³-hybridized carbons (Fsp3) is 0.214. The average molecular weight is 245 g/mol. The number of aromatic nitrogens is 1. The van der Waals surface area contributed by atoms with Crippen LogP contribution in [0.25, 0.3) is 0 Å². The van der Waals surface area contributed by atoms with Crippen LogP contribution in [0.4, 0.5) is 10.1 Å². The summed E-state index contributed by atoms with van der Waals surface area (Å²) in [5, 5.41) is 0. The summed E-state index contributed by atoms with van der Waals surface area (Å²) in [6, 6.07) is 10.3. The average Bonchev–Trinajstić information content (AvgIpc) is 2.35. The monoisotopic (exact) mass is 245 g/mol. The highest BCUT2D eigenvalue weighted by Gasteiger charge is 2.03. The Hall–Kier alpha value is -1.94. The molecule has 18 heavy (non-hydrogen) atoms. The van der Waals surface area contributed by atoms with Crippen molar-refractivity contribution >= 4 is 5.69 Å². The molecule has 0 fully saturated rings. The predicted octanol–water partition coefficient (Wildman–Crippen LogP) is 2.43. The Morgan fingerprint density at radius 1 is 1.11 bits per heavy atom. The number of hydrogen-bond donors (Lipinski definition) is 1. The SMILES string of the molecule is CN(Cc1ccc(F)cc1)Cc1ccc(N)cn1. The summed E-state index contributed by atoms with van der Waals surface area (Å²) in [5.41, 5.74) is 8.29. The topological polar surface area (TPSA) is 42.1 Å². The molecule has 0 aliphatic heterocycles. The predicted molar refractivity (Wildman–Crippen MR) is 70.2 cm³/mol. The molecule has 1 aromatic heterocycles. The van der Waals surface area contributed by atoms with Crippen LogP contribution in [0, 0.1) is 5.82 Å². The first kappa shape index (κ1) is 12.5. The van der Waals surface area contributed by atoms with Crippen molar-refractivity contribution in [2.45, 2.75) is 13.1 Å². The van der Waals surface area contributed by atoms with Crippen LogP contribution in [0.5, 0.6) is 0 Å². The molecule has 94 valence electrons. The lowest BCUT2D eigenvalue weighted by Gasteiger charge is -2.16. The van der Waals surface area contributed by atoms with Gasteiger partial charge in [-0.2, -0.15) is 0 Å². The third kappa shape index (κ3) is 3.53. The maximum atomic E-state index is 12.8. The second kappa shape index (κ2) is 5.60. The minimum Gasteiger partial charge on any atom is -0.397 e. The zero-order chi connectivity index (χ0) is 13.0. The third-order valence-corrected chi connectivity index (χ3v) is 2.65. The van der Waals surface area contributed by atoms with Crippen LogP contribution in [0.1, 0.15) is 11.3 Å². The second-order valence-corrected chi connectivity index (χ2v) is 4.38. The molecule has 0 radical (unpaired) electrons. The number of benzene rings is 1. The van der Waals surface area contributed by atoms with Crippen LogP contribution in [0.15, 0.2) is 42.6 Å². The molecule has 2 N–H and O–H groups in total. The molecule has 1 aromatic carbocycles. The van der Waals surface area contributed by atoms with Crippen LogP contribution in [0.3, 0.4) is 0 Å². The Labute approximate surface area is 106 Å². The summed E-state index contributed by atoms with van der Waals surface area (Å²) in [6.07, 6.45) is 1.65. The number of hydrogen-bond acceptors (Lipinski definition) is 3. The van der Waals surface area contributed by atoms with Crippen LogP contribution in [0.2, 0.25) is 0 Å². The highest BCUT2D eigenvalue weighted by atomic mass is 19.1. The minimum absolute atomic E-state index is 0.207. The maximum absolute atomic E-state index is 12.8. The molecular weight excluding hydrogens is 229 g/mol. The van der Waals surface area contributed by atoms with Crippen molar-refractivity contribution in [3.05, 3.63) is 59.7 Å². The van der Waals surface area contributed by atoms with Gasteiger partial charge in [-0.3, -0.25) is 9.88 Å². The highest BCUT2D eigenvalue weighted by molar-refractivity contribution is 5.34. The van der Waals surface area contributed by atoms with Crippen molar-refractivity contribution in [3.63, 3.8) is 0 Å². The Balaban J connectivity index is 1.94. The second-order valence-electron chi connectivity index (χ2n) is 4.38. The molecule has 0 saturated carbocycles. The van der Waals surface area contributed by atoms with Gasteiger partial charge in [0.1, 0.15) is 5.82 Å². The summed E-state index contributed by atoms with van der Waals surface area (Å²) >= 11 is 0. The van der Waals surface area contributed by atoms with Gasteiger partial charge in [-0.05, 0) is 36.9 Å². The van der Waals surface area contributed by atoms with Crippen molar-refractivity contribution in [2.75, 3.05) is 12.8 Å². The standard InChI is InChI=1S/C14H16FN3/c1-18(9-11-2-4-12(15)5-3-11)10-14-7-6-13(16)8-17-14/h2-8H,9-10,16H2,1H3. The zero-order valence-corrected chi connectivity index (χ0v) is 10.3. The molecule has 3 nitrogen and oxygen atoms in total. The fourth-order valence-electron chi connectivity index (χ4n) is 1.76. The molecule has 2 rings (SSSR count). The first-order chi connectivity index (χ1) is 8.63. The Morgan fingerprint density at radius 2 is 1.83 bits per heavy atom. The molecule has 2 aromatic rings. The normalized spacial score (nSPS) is 10.8. The van der Waals surface area contributed by atoms with Gasteiger partial charge in [-0.1, -0.05) is 12.1 Å². The van der Waals surface area contributed by atoms with Gasteiger partial charge in [0.15, 0.2) is 0 Å². The lowest BCUT2D eigenvalue weighted by molar-refractivity contribution is 0.315. The molecule has 0 bridgehead atoms. The van der Waals surface area contributed by atoms with Gasteiger partial charge in [0.05, 0.1) is 17.6 Å². The summed E-state index contributed by atoms with van der Waals surface area (Å²) in [7, 11) is 2.00. The van der Waals surface area contributed by atoms with Gasteiger partial charge in [0.25, 0.3) is 0 Å². The fourth-order valence-corrected chi connectivity index (χ4v) is 1.76. The summed E-state index contributed by atoms with van der Waals surface area (Å²) in [4.78, 5) is 6.36. The molecule has 4 heteroatoms. The molecule has 0 aliphatic rings. The summed E-state index contributed by atoms with van der Waals surface area (Å²) in [6.45, 7) is 1.49. The largest absolute Gasteiger partial charge is 0.397 e. The summed E-state index contributed by atoms with van der Waals surface area (Å²) in [5.74, 6) is -0.207. The van der Waals surface area contributed by atoms with Crippen LogP contribution in [-0.4, -0.2) is 16.9 Å². The van der Waals surface area contributed by atoms with Crippen molar-refractivity contribution in [3.8, 4) is 0 Å². The minimum atomic E-state index is -0.207. The van der Waals surface area contributed by atoms with Gasteiger partial charge < -0.3 is 5.73 Å². The number of nitrogens with two attached hydrogens (primary N) is 1. The van der Waals surface area contributed by atoms with Crippen molar-refractivity contribution in [2.24, 2.45) is 0 Å². The molecule has 1 heterocycles. The first-order valence-corrected chi connectivity index (χ1v) is 5.77. The first-order valence-electron chi connectivity index (χ1n) is 5.77. The van der Waals surface area contributed by atoms with Gasteiger partial charge in [0, 0.05) is 13.1 Å². The van der Waals surface area contributed by atoms with E-state index in [1.165, 1.54) is 12.1 Å². The molecule has 0 unspecified atom stereocenters. The van der Waals surface area contributed by atoms with E-state index in [9.17, 15) is 4.39 Å². The molecule has 0 atom stereocenters. The number of pyridine rings is 1. The highest BCUT2D eigenvalue weighted by Crippen LogP contribution is 2.09. The number of halogens is 1. The van der Waals surface area contributed by atoms with E-state index in [4.69, 9.17) is 5.73 Å². The van der Waals surface area contributed by atoms with Crippen LogP contribution in [-0.2, 0) is 13.1 Å². The van der Waals surface area contributed by atoms with E-state index in [-0.39, 0.29) is 5.82 Å². The van der Waals surface area contributed by atoms with Gasteiger partial charge in [-0.15, -0.1) is 0 Å². The number of nitrogens with zero attached hydrogens (tertiary/aromatic N) is 2. The van der Waals surface area contributed by atoms with Gasteiger partial charge in [-0.25, -0.2) is 4.39 Å². The number of anilines is 1.